The van der Waals surface area contributed by atoms with Gasteiger partial charge >= 0.3 is 0 Å². The molecule has 0 aliphatic rings. The van der Waals surface area contributed by atoms with Crippen LogP contribution in [0.1, 0.15) is 0 Å². The third kappa shape index (κ3) is 3.59. The third-order valence-corrected chi connectivity index (χ3v) is 4.68. The van der Waals surface area contributed by atoms with Gasteiger partial charge in [0, 0.05) is 11.6 Å². The van der Waals surface area contributed by atoms with Crippen molar-refractivity contribution >= 4 is 38.3 Å². The Hall–Kier alpha value is -3.53. The number of nitrogens with two attached hydrogens (primary N) is 2. The zero-order valence-corrected chi connectivity index (χ0v) is 14.1. The topological polar surface area (TPSA) is 156 Å². The molecule has 132 valence electrons. The predicted molar refractivity (Wildman–Crippen MR) is 97.0 cm³/mol. The van der Waals surface area contributed by atoms with E-state index in [4.69, 9.17) is 11.5 Å². The van der Waals surface area contributed by atoms with Crippen LogP contribution in [0.25, 0.3) is 10.9 Å². The molecule has 3 rings (SSSR count). The van der Waals surface area contributed by atoms with E-state index in [1.807, 2.05) is 0 Å². The number of aromatic hydroxyl groups is 1. The van der Waals surface area contributed by atoms with Crippen LogP contribution in [0.3, 0.4) is 0 Å². The number of sulfonamides is 1. The van der Waals surface area contributed by atoms with Crippen molar-refractivity contribution in [2.45, 2.75) is 4.90 Å². The molecule has 0 radical (unpaired) electrons. The number of nitrogens with zero attached hydrogens (tertiary/aromatic N) is 4. The Morgan fingerprint density at radius 1 is 1.00 bits per heavy atom. The van der Waals surface area contributed by atoms with Gasteiger partial charge in [-0.1, -0.05) is 0 Å². The van der Waals surface area contributed by atoms with Gasteiger partial charge in [-0.25, -0.2) is 0 Å². The quantitative estimate of drug-likeness (QED) is 0.363. The van der Waals surface area contributed by atoms with Crippen LogP contribution in [-0.4, -0.2) is 24.5 Å². The molecule has 2 aromatic carbocycles. The van der Waals surface area contributed by atoms with Crippen LogP contribution in [0.4, 0.5) is 11.4 Å². The average molecular weight is 370 g/mol. The van der Waals surface area contributed by atoms with Crippen molar-refractivity contribution in [2.24, 2.45) is 26.1 Å². The van der Waals surface area contributed by atoms with Gasteiger partial charge in [0.25, 0.3) is 10.0 Å². The molecule has 0 aliphatic heterocycles. The molecule has 0 unspecified atom stereocenters. The SMILES string of the molecule is NC(N)=NS(=O)(=O)c1ccc(N=Nc2ccc(O)c3ncccc23)cc1. The van der Waals surface area contributed by atoms with E-state index in [2.05, 4.69) is 19.6 Å². The van der Waals surface area contributed by atoms with Gasteiger partial charge in [0.05, 0.1) is 16.3 Å². The molecule has 0 saturated heterocycles. The summed E-state index contributed by atoms with van der Waals surface area (Å²) in [6.45, 7) is 0. The first-order valence-corrected chi connectivity index (χ1v) is 8.75. The van der Waals surface area contributed by atoms with Crippen LogP contribution in [0.15, 0.2) is 74.2 Å². The lowest BCUT2D eigenvalue weighted by atomic mass is 10.2. The second-order valence-corrected chi connectivity index (χ2v) is 6.79. The zero-order valence-electron chi connectivity index (χ0n) is 13.3. The largest absolute Gasteiger partial charge is 0.506 e. The number of pyridine rings is 1. The summed E-state index contributed by atoms with van der Waals surface area (Å²) >= 11 is 0. The van der Waals surface area contributed by atoms with Gasteiger partial charge in [-0.2, -0.15) is 13.5 Å². The number of phenols is 1. The van der Waals surface area contributed by atoms with Crippen LogP contribution < -0.4 is 11.5 Å². The Bertz CT molecular complexity index is 1120. The van der Waals surface area contributed by atoms with Crippen molar-refractivity contribution in [3.8, 4) is 5.75 Å². The number of benzene rings is 2. The van der Waals surface area contributed by atoms with Crippen molar-refractivity contribution in [3.63, 3.8) is 0 Å². The molecule has 0 saturated carbocycles. The molecule has 10 heteroatoms. The monoisotopic (exact) mass is 370 g/mol. The lowest BCUT2D eigenvalue weighted by Crippen LogP contribution is -2.24. The van der Waals surface area contributed by atoms with Crippen LogP contribution in [0.2, 0.25) is 0 Å². The predicted octanol–water partition coefficient (Wildman–Crippen LogP) is 2.32. The molecule has 0 fully saturated rings. The zero-order chi connectivity index (χ0) is 18.7. The maximum absolute atomic E-state index is 11.9. The minimum absolute atomic E-state index is 0.0499. The Balaban J connectivity index is 1.91. The molecule has 9 nitrogen and oxygen atoms in total. The number of fused-ring (bicyclic) bond motifs is 1. The lowest BCUT2D eigenvalue weighted by molar-refractivity contribution is 0.480. The van der Waals surface area contributed by atoms with E-state index in [0.29, 0.717) is 22.3 Å². The van der Waals surface area contributed by atoms with E-state index in [1.54, 1.807) is 24.4 Å². The number of rotatable bonds is 4. The van der Waals surface area contributed by atoms with Crippen molar-refractivity contribution in [1.82, 2.24) is 4.98 Å². The number of phenolic OH excluding ortho intramolecular Hbond substituents is 1. The second kappa shape index (κ2) is 6.76. The number of guanidine groups is 1. The molecule has 0 amide bonds. The molecular weight excluding hydrogens is 356 g/mol. The number of hydrogen-bond acceptors (Lipinski definition) is 6. The summed E-state index contributed by atoms with van der Waals surface area (Å²) in [4.78, 5) is 4.04. The highest BCUT2D eigenvalue weighted by atomic mass is 32.2. The maximum atomic E-state index is 11.9. The second-order valence-electron chi connectivity index (χ2n) is 5.19. The standard InChI is InChI=1S/C16H14N6O3S/c17-16(18)22-26(24,25)11-5-3-10(4-6-11)20-21-13-7-8-14(23)15-12(13)2-1-9-19-15/h1-9,23H,(H4,17,18,22). The summed E-state index contributed by atoms with van der Waals surface area (Å²) in [7, 11) is -3.95. The summed E-state index contributed by atoms with van der Waals surface area (Å²) in [5.74, 6) is -0.490. The highest BCUT2D eigenvalue weighted by Gasteiger charge is 2.12. The molecule has 26 heavy (non-hydrogen) atoms. The van der Waals surface area contributed by atoms with Crippen molar-refractivity contribution in [1.29, 1.82) is 0 Å². The highest BCUT2D eigenvalue weighted by Crippen LogP contribution is 2.32. The van der Waals surface area contributed by atoms with Gasteiger partial charge in [0.2, 0.25) is 5.96 Å². The van der Waals surface area contributed by atoms with Gasteiger partial charge in [-0.05, 0) is 48.5 Å². The van der Waals surface area contributed by atoms with Gasteiger partial charge in [-0.15, -0.1) is 9.51 Å². The normalized spacial score (nSPS) is 11.7. The molecule has 0 atom stereocenters. The van der Waals surface area contributed by atoms with Crippen LogP contribution in [0.5, 0.6) is 5.75 Å². The van der Waals surface area contributed by atoms with Gasteiger partial charge < -0.3 is 16.6 Å². The van der Waals surface area contributed by atoms with Gasteiger partial charge in [0.15, 0.2) is 0 Å². The highest BCUT2D eigenvalue weighted by molar-refractivity contribution is 7.90. The summed E-state index contributed by atoms with van der Waals surface area (Å²) in [5.41, 5.74) is 11.6. The fourth-order valence-electron chi connectivity index (χ4n) is 2.22. The van der Waals surface area contributed by atoms with Gasteiger partial charge in [0.1, 0.15) is 11.3 Å². The Labute approximate surface area is 148 Å². The van der Waals surface area contributed by atoms with E-state index in [9.17, 15) is 13.5 Å². The van der Waals surface area contributed by atoms with Crippen molar-refractivity contribution < 1.29 is 13.5 Å². The van der Waals surface area contributed by atoms with E-state index >= 15 is 0 Å². The van der Waals surface area contributed by atoms with E-state index in [0.717, 1.165) is 0 Å². The van der Waals surface area contributed by atoms with Crippen LogP contribution >= 0.6 is 0 Å². The average Bonchev–Trinajstić information content (AvgIpc) is 2.61. The lowest BCUT2D eigenvalue weighted by Gasteiger charge is -2.02. The fourth-order valence-corrected chi connectivity index (χ4v) is 3.08. The number of hydrogen-bond donors (Lipinski definition) is 3. The molecule has 5 N–H and O–H groups in total. The summed E-state index contributed by atoms with van der Waals surface area (Å²) in [5, 5.41) is 18.7. The maximum Gasteiger partial charge on any atom is 0.285 e. The smallest absolute Gasteiger partial charge is 0.285 e. The third-order valence-electron chi connectivity index (χ3n) is 3.36. The van der Waals surface area contributed by atoms with Crippen LogP contribution in [0, 0.1) is 0 Å². The molecule has 3 aromatic rings. The van der Waals surface area contributed by atoms with Crippen molar-refractivity contribution in [3.05, 3.63) is 54.7 Å². The van der Waals surface area contributed by atoms with Crippen molar-refractivity contribution in [2.75, 3.05) is 0 Å². The van der Waals surface area contributed by atoms with E-state index < -0.39 is 16.0 Å². The Kier molecular flexibility index (Phi) is 4.50. The summed E-state index contributed by atoms with van der Waals surface area (Å²) in [6.07, 6.45) is 1.57. The molecule has 1 heterocycles. The molecule has 0 aliphatic carbocycles. The fraction of sp³-hybridized carbons (Fsp3) is 0. The minimum atomic E-state index is -3.95. The Morgan fingerprint density at radius 2 is 1.73 bits per heavy atom. The first-order chi connectivity index (χ1) is 12.4. The molecule has 0 spiro atoms. The first-order valence-electron chi connectivity index (χ1n) is 7.31. The number of aromatic nitrogens is 1. The molecule has 1 aromatic heterocycles. The molecular formula is C16H14N6O3S. The minimum Gasteiger partial charge on any atom is -0.506 e. The van der Waals surface area contributed by atoms with Crippen LogP contribution in [-0.2, 0) is 10.0 Å². The van der Waals surface area contributed by atoms with Gasteiger partial charge in [-0.3, -0.25) is 4.98 Å². The first kappa shape index (κ1) is 17.3. The number of azo groups is 1. The Morgan fingerprint density at radius 3 is 2.42 bits per heavy atom. The summed E-state index contributed by atoms with van der Waals surface area (Å²) < 4.78 is 27.0. The van der Waals surface area contributed by atoms with E-state index in [-0.39, 0.29) is 10.6 Å². The summed E-state index contributed by atoms with van der Waals surface area (Å²) in [6, 6.07) is 12.2. The van der Waals surface area contributed by atoms with E-state index in [1.165, 1.54) is 30.3 Å². The molecule has 0 bridgehead atoms.